The van der Waals surface area contributed by atoms with Gasteiger partial charge in [0.25, 0.3) is 5.91 Å². The monoisotopic (exact) mass is 207 g/mol. The molecule has 1 amide bonds. The molecule has 1 N–H and O–H groups in total. The molecule has 0 aromatic heterocycles. The minimum atomic E-state index is -0.326. The van der Waals surface area contributed by atoms with Gasteiger partial charge in [0.2, 0.25) is 0 Å². The summed E-state index contributed by atoms with van der Waals surface area (Å²) >= 11 is 0. The molecule has 0 saturated heterocycles. The van der Waals surface area contributed by atoms with Crippen molar-refractivity contribution in [1.82, 2.24) is 5.32 Å². The van der Waals surface area contributed by atoms with E-state index in [0.717, 1.165) is 43.4 Å². The molecular weight excluding hydrogens is 190 g/mol. The van der Waals surface area contributed by atoms with Crippen LogP contribution in [0.2, 0.25) is 0 Å². The first kappa shape index (κ1) is 9.25. The molecule has 0 bridgehead atoms. The second-order valence-corrected chi connectivity index (χ2v) is 4.87. The molecule has 2 aliphatic carbocycles. The maximum absolute atomic E-state index is 11.9. The fourth-order valence-electron chi connectivity index (χ4n) is 2.95. The minimum absolute atomic E-state index is 0.137. The van der Waals surface area contributed by atoms with Gasteiger partial charge in [0.1, 0.15) is 5.76 Å². The Labute approximate surface area is 89.9 Å². The maximum Gasteiger partial charge on any atom is 0.253 e. The van der Waals surface area contributed by atoms with Gasteiger partial charge in [-0.1, -0.05) is 0 Å². The van der Waals surface area contributed by atoms with E-state index in [-0.39, 0.29) is 11.6 Å². The highest BCUT2D eigenvalue weighted by atomic mass is 16.5. The van der Waals surface area contributed by atoms with Gasteiger partial charge in [0, 0.05) is 19.3 Å². The van der Waals surface area contributed by atoms with Crippen molar-refractivity contribution in [1.29, 1.82) is 0 Å². The third-order valence-corrected chi connectivity index (χ3v) is 3.76. The third kappa shape index (κ3) is 1.45. The Balaban J connectivity index is 1.91. The SMILES string of the molecule is O=C1NC2(CCCC2)OC2=C1CCCC2. The van der Waals surface area contributed by atoms with Crippen molar-refractivity contribution in [2.45, 2.75) is 57.1 Å². The molecule has 1 saturated carbocycles. The summed E-state index contributed by atoms with van der Waals surface area (Å²) < 4.78 is 6.06. The molecule has 0 atom stereocenters. The van der Waals surface area contributed by atoms with E-state index < -0.39 is 0 Å². The van der Waals surface area contributed by atoms with Gasteiger partial charge in [-0.05, 0) is 32.1 Å². The summed E-state index contributed by atoms with van der Waals surface area (Å²) in [4.78, 5) is 11.9. The van der Waals surface area contributed by atoms with Crippen molar-refractivity contribution >= 4 is 5.91 Å². The lowest BCUT2D eigenvalue weighted by Gasteiger charge is -2.39. The second-order valence-electron chi connectivity index (χ2n) is 4.87. The zero-order valence-corrected chi connectivity index (χ0v) is 8.97. The summed E-state index contributed by atoms with van der Waals surface area (Å²) in [5.41, 5.74) is 0.589. The number of hydrogen-bond donors (Lipinski definition) is 1. The molecule has 0 aromatic rings. The molecule has 15 heavy (non-hydrogen) atoms. The van der Waals surface area contributed by atoms with Crippen LogP contribution in [-0.2, 0) is 9.53 Å². The number of carbonyl (C=O) groups is 1. The Morgan fingerprint density at radius 1 is 1.07 bits per heavy atom. The Bertz CT molecular complexity index is 327. The van der Waals surface area contributed by atoms with E-state index in [1.54, 1.807) is 0 Å². The van der Waals surface area contributed by atoms with Crippen LogP contribution in [0.3, 0.4) is 0 Å². The molecule has 1 spiro atoms. The number of nitrogens with one attached hydrogen (secondary N) is 1. The lowest BCUT2D eigenvalue weighted by molar-refractivity contribution is -0.132. The smallest absolute Gasteiger partial charge is 0.253 e. The number of ether oxygens (including phenoxy) is 1. The number of hydrogen-bond acceptors (Lipinski definition) is 2. The maximum atomic E-state index is 11.9. The van der Waals surface area contributed by atoms with Gasteiger partial charge in [-0.25, -0.2) is 0 Å². The molecule has 0 unspecified atom stereocenters. The van der Waals surface area contributed by atoms with Crippen LogP contribution in [0.25, 0.3) is 0 Å². The van der Waals surface area contributed by atoms with Crippen molar-refractivity contribution in [3.05, 3.63) is 11.3 Å². The molecule has 0 radical (unpaired) electrons. The number of allylic oxidation sites excluding steroid dienone is 1. The van der Waals surface area contributed by atoms with Crippen LogP contribution >= 0.6 is 0 Å². The van der Waals surface area contributed by atoms with Gasteiger partial charge in [0.05, 0.1) is 5.57 Å². The summed E-state index contributed by atoms with van der Waals surface area (Å²) in [6.45, 7) is 0. The topological polar surface area (TPSA) is 38.3 Å². The number of rotatable bonds is 0. The third-order valence-electron chi connectivity index (χ3n) is 3.76. The summed E-state index contributed by atoms with van der Waals surface area (Å²) in [7, 11) is 0. The van der Waals surface area contributed by atoms with Gasteiger partial charge in [0.15, 0.2) is 5.72 Å². The highest BCUT2D eigenvalue weighted by Crippen LogP contribution is 2.39. The van der Waals surface area contributed by atoms with Crippen LogP contribution in [-0.4, -0.2) is 11.6 Å². The van der Waals surface area contributed by atoms with E-state index in [0.29, 0.717) is 0 Å². The normalized spacial score (nSPS) is 28.7. The molecule has 0 aromatic carbocycles. The zero-order valence-electron chi connectivity index (χ0n) is 8.97. The lowest BCUT2D eigenvalue weighted by atomic mass is 9.94. The van der Waals surface area contributed by atoms with E-state index in [1.807, 2.05) is 0 Å². The van der Waals surface area contributed by atoms with E-state index in [4.69, 9.17) is 4.74 Å². The van der Waals surface area contributed by atoms with E-state index in [9.17, 15) is 4.79 Å². The highest BCUT2D eigenvalue weighted by molar-refractivity contribution is 5.95. The largest absolute Gasteiger partial charge is 0.472 e. The van der Waals surface area contributed by atoms with E-state index in [2.05, 4.69) is 5.32 Å². The van der Waals surface area contributed by atoms with Gasteiger partial charge in [-0.2, -0.15) is 0 Å². The molecule has 3 heteroatoms. The standard InChI is InChI=1S/C12H17NO2/c14-11-9-5-1-2-6-10(9)15-12(13-11)7-3-4-8-12/h1-8H2,(H,13,14). The average Bonchev–Trinajstić information content (AvgIpc) is 2.66. The van der Waals surface area contributed by atoms with E-state index in [1.165, 1.54) is 19.3 Å². The van der Waals surface area contributed by atoms with Crippen molar-refractivity contribution in [2.75, 3.05) is 0 Å². The minimum Gasteiger partial charge on any atom is -0.472 e. The molecule has 1 fully saturated rings. The molecule has 3 aliphatic rings. The molecule has 3 rings (SSSR count). The Morgan fingerprint density at radius 2 is 1.80 bits per heavy atom. The van der Waals surface area contributed by atoms with Crippen molar-refractivity contribution < 1.29 is 9.53 Å². The predicted molar refractivity (Wildman–Crippen MR) is 55.9 cm³/mol. The summed E-state index contributed by atoms with van der Waals surface area (Å²) in [5, 5.41) is 3.07. The van der Waals surface area contributed by atoms with Crippen LogP contribution < -0.4 is 5.32 Å². The molecular formula is C12H17NO2. The highest BCUT2D eigenvalue weighted by Gasteiger charge is 2.43. The van der Waals surface area contributed by atoms with E-state index >= 15 is 0 Å². The lowest BCUT2D eigenvalue weighted by Crippen LogP contribution is -2.52. The first-order valence-electron chi connectivity index (χ1n) is 6.03. The first-order chi connectivity index (χ1) is 7.29. The second kappa shape index (κ2) is 3.26. The molecule has 3 nitrogen and oxygen atoms in total. The Hall–Kier alpha value is -0.990. The van der Waals surface area contributed by atoms with Crippen LogP contribution in [0.1, 0.15) is 51.4 Å². The number of amides is 1. The fraction of sp³-hybridized carbons (Fsp3) is 0.750. The van der Waals surface area contributed by atoms with Crippen LogP contribution in [0, 0.1) is 0 Å². The van der Waals surface area contributed by atoms with Gasteiger partial charge in [-0.15, -0.1) is 0 Å². The molecule has 1 heterocycles. The van der Waals surface area contributed by atoms with Crippen molar-refractivity contribution in [3.8, 4) is 0 Å². The van der Waals surface area contributed by atoms with Crippen molar-refractivity contribution in [2.24, 2.45) is 0 Å². The Morgan fingerprint density at radius 3 is 2.60 bits per heavy atom. The van der Waals surface area contributed by atoms with Gasteiger partial charge >= 0.3 is 0 Å². The van der Waals surface area contributed by atoms with Crippen LogP contribution in [0.5, 0.6) is 0 Å². The first-order valence-corrected chi connectivity index (χ1v) is 6.03. The van der Waals surface area contributed by atoms with Gasteiger partial charge in [-0.3, -0.25) is 4.79 Å². The predicted octanol–water partition coefficient (Wildman–Crippen LogP) is 2.23. The van der Waals surface area contributed by atoms with Crippen LogP contribution in [0.4, 0.5) is 0 Å². The van der Waals surface area contributed by atoms with Crippen LogP contribution in [0.15, 0.2) is 11.3 Å². The zero-order chi connectivity index (χ0) is 10.3. The van der Waals surface area contributed by atoms with Crippen molar-refractivity contribution in [3.63, 3.8) is 0 Å². The van der Waals surface area contributed by atoms with Gasteiger partial charge < -0.3 is 10.1 Å². The summed E-state index contributed by atoms with van der Waals surface area (Å²) in [6, 6.07) is 0. The molecule has 82 valence electrons. The summed E-state index contributed by atoms with van der Waals surface area (Å²) in [6.07, 6.45) is 8.46. The molecule has 1 aliphatic heterocycles. The summed E-state index contributed by atoms with van der Waals surface area (Å²) in [5.74, 6) is 1.13. The fourth-order valence-corrected chi connectivity index (χ4v) is 2.95. The quantitative estimate of drug-likeness (QED) is 0.661. The average molecular weight is 207 g/mol. The Kier molecular flexibility index (Phi) is 2.01. The number of carbonyl (C=O) groups excluding carboxylic acids is 1.